The Bertz CT molecular complexity index is 1580. The van der Waals surface area contributed by atoms with Crippen molar-refractivity contribution >= 4 is 28.6 Å². The Morgan fingerprint density at radius 3 is 2.52 bits per heavy atom. The Hall–Kier alpha value is -4.39. The number of H-pyrrole nitrogens is 1. The van der Waals surface area contributed by atoms with E-state index in [0.29, 0.717) is 24.9 Å². The summed E-state index contributed by atoms with van der Waals surface area (Å²) in [6.45, 7) is 4.46. The van der Waals surface area contributed by atoms with Crippen molar-refractivity contribution in [1.82, 2.24) is 20.5 Å². The topological polar surface area (TPSA) is 94.3 Å². The third-order valence-electron chi connectivity index (χ3n) is 8.50. The van der Waals surface area contributed by atoms with Crippen LogP contribution in [-0.4, -0.2) is 46.2 Å². The highest BCUT2D eigenvalue weighted by molar-refractivity contribution is 6.04. The second-order valence-corrected chi connectivity index (χ2v) is 10.9. The van der Waals surface area contributed by atoms with Gasteiger partial charge in [0.05, 0.1) is 6.04 Å². The molecule has 0 unspecified atom stereocenters. The average molecular weight is 535 g/mol. The lowest BCUT2D eigenvalue weighted by Gasteiger charge is -2.38. The highest BCUT2D eigenvalue weighted by atomic mass is 16.2. The van der Waals surface area contributed by atoms with Gasteiger partial charge in [-0.25, -0.2) is 0 Å². The first-order valence-electron chi connectivity index (χ1n) is 14.1. The lowest BCUT2D eigenvalue weighted by molar-refractivity contribution is -0.133. The van der Waals surface area contributed by atoms with Crippen molar-refractivity contribution < 1.29 is 14.4 Å². The van der Waals surface area contributed by atoms with E-state index in [1.165, 1.54) is 0 Å². The Morgan fingerprint density at radius 1 is 1.00 bits per heavy atom. The number of carbonyl (C=O) groups is 3. The second-order valence-electron chi connectivity index (χ2n) is 10.9. The molecule has 0 radical (unpaired) electrons. The molecule has 0 saturated heterocycles. The van der Waals surface area contributed by atoms with E-state index in [-0.39, 0.29) is 29.7 Å². The van der Waals surface area contributed by atoms with Crippen LogP contribution in [0.1, 0.15) is 59.1 Å². The summed E-state index contributed by atoms with van der Waals surface area (Å²) < 4.78 is 0. The predicted molar refractivity (Wildman–Crippen MR) is 155 cm³/mol. The summed E-state index contributed by atoms with van der Waals surface area (Å²) >= 11 is 0. The van der Waals surface area contributed by atoms with E-state index in [1.807, 2.05) is 86.6 Å². The van der Waals surface area contributed by atoms with Crippen LogP contribution in [0.5, 0.6) is 0 Å². The molecule has 3 amide bonds. The summed E-state index contributed by atoms with van der Waals surface area (Å²) in [4.78, 5) is 46.3. The maximum Gasteiger partial charge on any atom is 0.255 e. The summed E-state index contributed by atoms with van der Waals surface area (Å²) in [6, 6.07) is 23.8. The summed E-state index contributed by atoms with van der Waals surface area (Å²) in [5.41, 5.74) is 5.65. The molecule has 6 rings (SSSR count). The fourth-order valence-electron chi connectivity index (χ4n) is 6.17. The summed E-state index contributed by atoms with van der Waals surface area (Å²) in [6.07, 6.45) is 1.82. The van der Waals surface area contributed by atoms with Crippen LogP contribution in [0.3, 0.4) is 0 Å². The van der Waals surface area contributed by atoms with E-state index in [0.717, 1.165) is 39.7 Å². The predicted octanol–water partition coefficient (Wildman–Crippen LogP) is 4.53. The van der Waals surface area contributed by atoms with Crippen LogP contribution in [0.25, 0.3) is 10.9 Å². The molecule has 2 aliphatic rings. The highest BCUT2D eigenvalue weighted by Crippen LogP contribution is 2.46. The van der Waals surface area contributed by atoms with Gasteiger partial charge < -0.3 is 20.5 Å². The van der Waals surface area contributed by atoms with Crippen molar-refractivity contribution in [2.45, 2.75) is 51.2 Å². The van der Waals surface area contributed by atoms with Crippen molar-refractivity contribution in [1.29, 1.82) is 0 Å². The Balaban J connectivity index is 1.28. The smallest absolute Gasteiger partial charge is 0.255 e. The Labute approximate surface area is 234 Å². The number of carbonyl (C=O) groups excluding carboxylic acids is 3. The number of fused-ring (bicyclic) bond motifs is 7. The lowest BCUT2D eigenvalue weighted by atomic mass is 9.89. The zero-order chi connectivity index (χ0) is 27.8. The van der Waals surface area contributed by atoms with E-state index in [1.54, 1.807) is 4.90 Å². The summed E-state index contributed by atoms with van der Waals surface area (Å²) in [5, 5.41) is 7.14. The van der Waals surface area contributed by atoms with Crippen molar-refractivity contribution in [3.8, 4) is 0 Å². The van der Waals surface area contributed by atoms with Crippen molar-refractivity contribution in [3.63, 3.8) is 0 Å². The molecular weight excluding hydrogens is 500 g/mol. The first-order valence-corrected chi connectivity index (χ1v) is 14.1. The molecule has 2 aliphatic heterocycles. The second kappa shape index (κ2) is 10.6. The van der Waals surface area contributed by atoms with Gasteiger partial charge in [0.15, 0.2) is 0 Å². The molecule has 1 aromatic heterocycles. The number of nitrogens with zero attached hydrogens (tertiary/aromatic N) is 1. The maximum atomic E-state index is 14.0. The van der Waals surface area contributed by atoms with Crippen LogP contribution in [0, 0.1) is 5.92 Å². The molecule has 4 atom stereocenters. The number of hydrogen-bond donors (Lipinski definition) is 3. The molecule has 0 bridgehead atoms. The van der Waals surface area contributed by atoms with Gasteiger partial charge in [0.1, 0.15) is 12.1 Å². The number of aromatic nitrogens is 1. The molecule has 0 aliphatic carbocycles. The molecule has 7 heteroatoms. The van der Waals surface area contributed by atoms with E-state index < -0.39 is 12.1 Å². The number of nitrogens with one attached hydrogen (secondary N) is 3. The molecule has 0 saturated carbocycles. The van der Waals surface area contributed by atoms with Gasteiger partial charge in [0.2, 0.25) is 11.8 Å². The van der Waals surface area contributed by atoms with Gasteiger partial charge in [-0.05, 0) is 41.2 Å². The monoisotopic (exact) mass is 534 g/mol. The quantitative estimate of drug-likeness (QED) is 0.310. The number of benzene rings is 3. The molecular formula is C33H34N4O3. The van der Waals surface area contributed by atoms with Gasteiger partial charge in [-0.1, -0.05) is 87.0 Å². The number of hydrogen-bond acceptors (Lipinski definition) is 3. The molecule has 7 nitrogen and oxygen atoms in total. The van der Waals surface area contributed by atoms with Crippen LogP contribution < -0.4 is 10.6 Å². The normalized spacial score (nSPS) is 18.9. The van der Waals surface area contributed by atoms with Gasteiger partial charge in [-0.3, -0.25) is 14.4 Å². The minimum Gasteiger partial charge on any atom is -0.356 e. The first-order chi connectivity index (χ1) is 19.5. The molecule has 204 valence electrons. The van der Waals surface area contributed by atoms with E-state index >= 15 is 0 Å². The summed E-state index contributed by atoms with van der Waals surface area (Å²) in [5.74, 6) is -0.729. The van der Waals surface area contributed by atoms with Crippen LogP contribution in [0.4, 0.5) is 0 Å². The molecule has 3 heterocycles. The third kappa shape index (κ3) is 4.45. The van der Waals surface area contributed by atoms with Crippen LogP contribution in [-0.2, 0) is 22.4 Å². The Morgan fingerprint density at radius 2 is 1.73 bits per heavy atom. The highest BCUT2D eigenvalue weighted by Gasteiger charge is 2.49. The minimum atomic E-state index is -0.736. The standard InChI is InChI=1S/C33H34N4O3/c1-3-20(2)28(32(39)34-18-17-21-11-5-4-6-12-21)36-31(38)27-19-25-22-13-9-10-16-26(22)35-29(25)30-23-14-7-8-15-24(23)33(40)37(27)30/h4-16,20,27-28,30,35H,3,17-19H2,1-2H3,(H,34,39)(H,36,38)/t20-,27+,28+,30+/m1/s1. The zero-order valence-corrected chi connectivity index (χ0v) is 22.8. The molecule has 0 fully saturated rings. The Kier molecular flexibility index (Phi) is 6.88. The van der Waals surface area contributed by atoms with Crippen molar-refractivity contribution in [2.75, 3.05) is 6.54 Å². The SMILES string of the molecule is CC[C@@H](C)[C@H](NC(=O)[C@@H]1Cc2c([nH]c3ccccc23)[C@@H]2c3ccccc3C(=O)N21)C(=O)NCCc1ccccc1. The van der Waals surface area contributed by atoms with Crippen molar-refractivity contribution in [2.24, 2.45) is 5.92 Å². The van der Waals surface area contributed by atoms with E-state index in [9.17, 15) is 14.4 Å². The number of rotatable bonds is 8. The van der Waals surface area contributed by atoms with Crippen LogP contribution in [0.15, 0.2) is 78.9 Å². The lowest BCUT2D eigenvalue weighted by Crippen LogP contribution is -2.58. The largest absolute Gasteiger partial charge is 0.356 e. The number of amides is 3. The fraction of sp³-hybridized carbons (Fsp3) is 0.303. The van der Waals surface area contributed by atoms with Gasteiger partial charge in [-0.15, -0.1) is 0 Å². The fourth-order valence-corrected chi connectivity index (χ4v) is 6.17. The van der Waals surface area contributed by atoms with Crippen molar-refractivity contribution in [3.05, 3.63) is 107 Å². The number of aromatic amines is 1. The molecule has 4 aromatic rings. The van der Waals surface area contributed by atoms with E-state index in [4.69, 9.17) is 0 Å². The van der Waals surface area contributed by atoms with Crippen LogP contribution in [0.2, 0.25) is 0 Å². The average Bonchev–Trinajstić information content (AvgIpc) is 3.51. The first kappa shape index (κ1) is 25.9. The maximum absolute atomic E-state index is 14.0. The minimum absolute atomic E-state index is 0.0739. The third-order valence-corrected chi connectivity index (χ3v) is 8.50. The van der Waals surface area contributed by atoms with E-state index in [2.05, 4.69) is 21.7 Å². The van der Waals surface area contributed by atoms with Gasteiger partial charge >= 0.3 is 0 Å². The molecule has 3 aromatic carbocycles. The summed E-state index contributed by atoms with van der Waals surface area (Å²) in [7, 11) is 0. The van der Waals surface area contributed by atoms with Crippen LogP contribution >= 0.6 is 0 Å². The van der Waals surface area contributed by atoms with Gasteiger partial charge in [-0.2, -0.15) is 0 Å². The molecule has 0 spiro atoms. The molecule has 3 N–H and O–H groups in total. The zero-order valence-electron chi connectivity index (χ0n) is 22.8. The number of para-hydroxylation sites is 1. The van der Waals surface area contributed by atoms with Gasteiger partial charge in [0.25, 0.3) is 5.91 Å². The van der Waals surface area contributed by atoms with Gasteiger partial charge in [0, 0.05) is 35.1 Å². The molecule has 40 heavy (non-hydrogen) atoms.